The molecule has 1 unspecified atom stereocenters. The van der Waals surface area contributed by atoms with Crippen molar-refractivity contribution in [3.8, 4) is 0 Å². The number of amides is 1. The molecule has 0 spiro atoms. The van der Waals surface area contributed by atoms with Gasteiger partial charge in [0.15, 0.2) is 0 Å². The molecule has 1 amide bonds. The van der Waals surface area contributed by atoms with E-state index in [1.807, 2.05) is 0 Å². The largest absolute Gasteiger partial charge is 0.481 e. The fraction of sp³-hybridized carbons (Fsp3) is 0.800. The van der Waals surface area contributed by atoms with Crippen molar-refractivity contribution in [1.82, 2.24) is 5.32 Å². The molecule has 98 valence electrons. The number of alkyl halides is 2. The van der Waals surface area contributed by atoms with E-state index >= 15 is 0 Å². The predicted molar refractivity (Wildman–Crippen MR) is 53.5 cm³/mol. The van der Waals surface area contributed by atoms with Gasteiger partial charge in [-0.05, 0) is 19.3 Å². The van der Waals surface area contributed by atoms with Gasteiger partial charge in [-0.2, -0.15) is 0 Å². The summed E-state index contributed by atoms with van der Waals surface area (Å²) in [6.45, 7) is -0.509. The highest BCUT2D eigenvalue weighted by Gasteiger charge is 2.34. The van der Waals surface area contributed by atoms with E-state index in [0.717, 1.165) is 0 Å². The molecular formula is C10H15F2NO4. The van der Waals surface area contributed by atoms with E-state index in [2.05, 4.69) is 5.32 Å². The lowest BCUT2D eigenvalue weighted by Crippen LogP contribution is -2.38. The Morgan fingerprint density at radius 2 is 1.88 bits per heavy atom. The summed E-state index contributed by atoms with van der Waals surface area (Å²) in [6, 6.07) is 0. The normalized spacial score (nSPS) is 25.9. The van der Waals surface area contributed by atoms with Crippen LogP contribution in [0.25, 0.3) is 0 Å². The summed E-state index contributed by atoms with van der Waals surface area (Å²) in [5, 5.41) is 19.7. The van der Waals surface area contributed by atoms with Crippen LogP contribution in [0.2, 0.25) is 0 Å². The van der Waals surface area contributed by atoms with Crippen molar-refractivity contribution in [3.63, 3.8) is 0 Å². The Bertz CT molecular complexity index is 298. The minimum atomic E-state index is -2.90. The Balaban J connectivity index is 2.32. The molecule has 5 nitrogen and oxygen atoms in total. The zero-order valence-electron chi connectivity index (χ0n) is 9.10. The SMILES string of the molecule is O=C(O)[C@H]1CC[C@@H](C(=O)NCC(O)C(F)F)C1. The summed E-state index contributed by atoms with van der Waals surface area (Å²) in [5.41, 5.74) is 0. The third kappa shape index (κ3) is 3.92. The summed E-state index contributed by atoms with van der Waals surface area (Å²) < 4.78 is 23.9. The zero-order chi connectivity index (χ0) is 13.0. The van der Waals surface area contributed by atoms with E-state index in [0.29, 0.717) is 12.8 Å². The number of aliphatic carboxylic acids is 1. The first kappa shape index (κ1) is 13.8. The smallest absolute Gasteiger partial charge is 0.306 e. The Morgan fingerprint density at radius 1 is 1.29 bits per heavy atom. The first-order chi connectivity index (χ1) is 7.91. The van der Waals surface area contributed by atoms with Crippen LogP contribution in [-0.2, 0) is 9.59 Å². The minimum absolute atomic E-state index is 0.228. The van der Waals surface area contributed by atoms with Crippen LogP contribution < -0.4 is 5.32 Å². The Hall–Kier alpha value is -1.24. The van der Waals surface area contributed by atoms with Crippen LogP contribution in [0.1, 0.15) is 19.3 Å². The molecular weight excluding hydrogens is 236 g/mol. The first-order valence-electron chi connectivity index (χ1n) is 5.38. The molecule has 0 heterocycles. The quantitative estimate of drug-likeness (QED) is 0.652. The summed E-state index contributed by atoms with van der Waals surface area (Å²) >= 11 is 0. The van der Waals surface area contributed by atoms with Crippen LogP contribution in [0.3, 0.4) is 0 Å². The lowest BCUT2D eigenvalue weighted by atomic mass is 10.0. The summed E-state index contributed by atoms with van der Waals surface area (Å²) in [5.74, 6) is -2.40. The number of carboxylic acids is 1. The number of hydrogen-bond donors (Lipinski definition) is 3. The Morgan fingerprint density at radius 3 is 2.35 bits per heavy atom. The summed E-state index contributed by atoms with van der Waals surface area (Å²) in [7, 11) is 0. The number of carbonyl (C=O) groups excluding carboxylic acids is 1. The van der Waals surface area contributed by atoms with Gasteiger partial charge in [0.25, 0.3) is 6.43 Å². The van der Waals surface area contributed by atoms with Crippen LogP contribution in [0.15, 0.2) is 0 Å². The highest BCUT2D eigenvalue weighted by atomic mass is 19.3. The van der Waals surface area contributed by atoms with Gasteiger partial charge in [-0.25, -0.2) is 8.78 Å². The standard InChI is InChI=1S/C10H15F2NO4/c11-8(12)7(14)4-13-9(15)5-1-2-6(3-5)10(16)17/h5-8,14H,1-4H2,(H,13,15)(H,16,17)/t5-,6+,7?/m1/s1. The van der Waals surface area contributed by atoms with Crippen molar-refractivity contribution in [2.75, 3.05) is 6.54 Å². The van der Waals surface area contributed by atoms with Crippen LogP contribution >= 0.6 is 0 Å². The van der Waals surface area contributed by atoms with Gasteiger partial charge in [-0.1, -0.05) is 0 Å². The average molecular weight is 251 g/mol. The van der Waals surface area contributed by atoms with Gasteiger partial charge in [0, 0.05) is 12.5 Å². The molecule has 1 fully saturated rings. The third-order valence-electron chi connectivity index (χ3n) is 2.93. The second kappa shape index (κ2) is 5.90. The van der Waals surface area contributed by atoms with Gasteiger partial charge in [-0.3, -0.25) is 9.59 Å². The maximum atomic E-state index is 11.9. The molecule has 0 saturated heterocycles. The van der Waals surface area contributed by atoms with E-state index in [9.17, 15) is 18.4 Å². The average Bonchev–Trinajstić information content (AvgIpc) is 2.74. The molecule has 0 bridgehead atoms. The fourth-order valence-corrected chi connectivity index (χ4v) is 1.88. The second-order valence-corrected chi connectivity index (χ2v) is 4.19. The monoisotopic (exact) mass is 251 g/mol. The number of aliphatic hydroxyl groups excluding tert-OH is 1. The molecule has 3 atom stereocenters. The molecule has 1 rings (SSSR count). The topological polar surface area (TPSA) is 86.6 Å². The molecule has 0 aromatic carbocycles. The van der Waals surface area contributed by atoms with Gasteiger partial charge in [0.2, 0.25) is 5.91 Å². The predicted octanol–water partition coefficient (Wildman–Crippen LogP) is 0.229. The number of carboxylic acid groups (broad SMARTS) is 1. The zero-order valence-corrected chi connectivity index (χ0v) is 9.10. The maximum absolute atomic E-state index is 11.9. The minimum Gasteiger partial charge on any atom is -0.481 e. The third-order valence-corrected chi connectivity index (χ3v) is 2.93. The molecule has 1 aliphatic rings. The van der Waals surface area contributed by atoms with Crippen LogP contribution in [0.5, 0.6) is 0 Å². The number of rotatable bonds is 5. The molecule has 0 aromatic heterocycles. The molecule has 17 heavy (non-hydrogen) atoms. The Kier molecular flexibility index (Phi) is 4.80. The molecule has 1 aliphatic carbocycles. The fourth-order valence-electron chi connectivity index (χ4n) is 1.88. The molecule has 3 N–H and O–H groups in total. The summed E-state index contributed by atoms with van der Waals surface area (Å²) in [6.07, 6.45) is -3.69. The molecule has 0 aliphatic heterocycles. The van der Waals surface area contributed by atoms with Gasteiger partial charge in [-0.15, -0.1) is 0 Å². The van der Waals surface area contributed by atoms with E-state index in [-0.39, 0.29) is 6.42 Å². The first-order valence-corrected chi connectivity index (χ1v) is 5.38. The van der Waals surface area contributed by atoms with E-state index < -0.39 is 42.8 Å². The van der Waals surface area contributed by atoms with Crippen molar-refractivity contribution in [1.29, 1.82) is 0 Å². The maximum Gasteiger partial charge on any atom is 0.306 e. The molecule has 7 heteroatoms. The number of carbonyl (C=O) groups is 2. The van der Waals surface area contributed by atoms with Crippen molar-refractivity contribution in [2.45, 2.75) is 31.8 Å². The van der Waals surface area contributed by atoms with Gasteiger partial charge in [0.05, 0.1) is 5.92 Å². The second-order valence-electron chi connectivity index (χ2n) is 4.19. The molecule has 1 saturated carbocycles. The van der Waals surface area contributed by atoms with Gasteiger partial charge >= 0.3 is 5.97 Å². The molecule has 0 radical (unpaired) electrons. The summed E-state index contributed by atoms with van der Waals surface area (Å²) in [4.78, 5) is 22.1. The lowest BCUT2D eigenvalue weighted by Gasteiger charge is -2.13. The van der Waals surface area contributed by atoms with Crippen molar-refractivity contribution < 1.29 is 28.6 Å². The number of aliphatic hydroxyl groups is 1. The van der Waals surface area contributed by atoms with Crippen molar-refractivity contribution in [2.24, 2.45) is 11.8 Å². The van der Waals surface area contributed by atoms with Crippen molar-refractivity contribution >= 4 is 11.9 Å². The Labute approximate surface area is 96.8 Å². The van der Waals surface area contributed by atoms with E-state index in [1.165, 1.54) is 0 Å². The highest BCUT2D eigenvalue weighted by molar-refractivity contribution is 5.80. The van der Waals surface area contributed by atoms with Crippen molar-refractivity contribution in [3.05, 3.63) is 0 Å². The van der Waals surface area contributed by atoms with E-state index in [4.69, 9.17) is 10.2 Å². The lowest BCUT2D eigenvalue weighted by molar-refractivity contribution is -0.141. The molecule has 0 aromatic rings. The van der Waals surface area contributed by atoms with Crippen LogP contribution in [0, 0.1) is 11.8 Å². The highest BCUT2D eigenvalue weighted by Crippen LogP contribution is 2.31. The van der Waals surface area contributed by atoms with Gasteiger partial charge < -0.3 is 15.5 Å². The number of halogens is 2. The number of hydrogen-bond acceptors (Lipinski definition) is 3. The van der Waals surface area contributed by atoms with Crippen LogP contribution in [-0.4, -0.2) is 41.2 Å². The van der Waals surface area contributed by atoms with E-state index in [1.54, 1.807) is 0 Å². The van der Waals surface area contributed by atoms with Crippen LogP contribution in [0.4, 0.5) is 8.78 Å². The van der Waals surface area contributed by atoms with Gasteiger partial charge in [0.1, 0.15) is 6.10 Å². The number of nitrogens with one attached hydrogen (secondary N) is 1.